The molecule has 0 radical (unpaired) electrons. The van der Waals surface area contributed by atoms with Gasteiger partial charge in [0.05, 0.1) is 5.75 Å². The number of ether oxygens (including phenoxy) is 2. The molecule has 108 valence electrons. The molecule has 0 aliphatic carbocycles. The average molecular weight is 303 g/mol. The molecule has 0 atom stereocenters. The number of hydrogen-bond donors (Lipinski definition) is 1. The number of benzene rings is 1. The first-order chi connectivity index (χ1) is 10.1. The van der Waals surface area contributed by atoms with Crippen LogP contribution in [0.2, 0.25) is 0 Å². The van der Waals surface area contributed by atoms with Crippen molar-refractivity contribution in [1.29, 1.82) is 0 Å². The normalized spacial score (nSPS) is 12.4. The van der Waals surface area contributed by atoms with Crippen LogP contribution in [0.15, 0.2) is 29.4 Å². The number of nitrogens with two attached hydrogens (primary N) is 1. The molecule has 1 aliphatic heterocycles. The van der Waals surface area contributed by atoms with Crippen molar-refractivity contribution in [2.45, 2.75) is 12.1 Å². The van der Waals surface area contributed by atoms with Gasteiger partial charge in [-0.1, -0.05) is 11.8 Å². The monoisotopic (exact) mass is 303 g/mol. The summed E-state index contributed by atoms with van der Waals surface area (Å²) in [5.74, 6) is 1.88. The first-order valence-electron chi connectivity index (χ1n) is 6.28. The van der Waals surface area contributed by atoms with E-state index in [1.54, 1.807) is 24.3 Å². The van der Waals surface area contributed by atoms with Crippen molar-refractivity contribution < 1.29 is 14.3 Å². The SMILES string of the molecule is Cc1cc(N)nc(SCC(=O)c2ccc3c(c2)OCO3)n1. The number of carbonyl (C=O) groups excluding carboxylic acids is 1. The lowest BCUT2D eigenvalue weighted by atomic mass is 10.1. The quantitative estimate of drug-likeness (QED) is 0.525. The van der Waals surface area contributed by atoms with Crippen LogP contribution in [0.25, 0.3) is 0 Å². The minimum absolute atomic E-state index is 0.0259. The first kappa shape index (κ1) is 13.7. The largest absolute Gasteiger partial charge is 0.454 e. The highest BCUT2D eigenvalue weighted by atomic mass is 32.2. The summed E-state index contributed by atoms with van der Waals surface area (Å²) in [6, 6.07) is 6.84. The lowest BCUT2D eigenvalue weighted by Gasteiger charge is -2.04. The highest BCUT2D eigenvalue weighted by Crippen LogP contribution is 2.33. The van der Waals surface area contributed by atoms with E-state index in [0.29, 0.717) is 28.0 Å². The van der Waals surface area contributed by atoms with E-state index in [1.165, 1.54) is 11.8 Å². The molecule has 0 unspecified atom stereocenters. The zero-order chi connectivity index (χ0) is 14.8. The fourth-order valence-corrected chi connectivity index (χ4v) is 2.72. The van der Waals surface area contributed by atoms with Crippen LogP contribution in [0.4, 0.5) is 5.82 Å². The maximum atomic E-state index is 12.2. The van der Waals surface area contributed by atoms with Gasteiger partial charge in [0.15, 0.2) is 22.4 Å². The molecule has 0 saturated carbocycles. The van der Waals surface area contributed by atoms with Gasteiger partial charge in [-0.05, 0) is 25.1 Å². The fraction of sp³-hybridized carbons (Fsp3) is 0.214. The van der Waals surface area contributed by atoms with Crippen molar-refractivity contribution in [2.24, 2.45) is 0 Å². The molecule has 0 fully saturated rings. The Balaban J connectivity index is 1.69. The number of carbonyl (C=O) groups is 1. The summed E-state index contributed by atoms with van der Waals surface area (Å²) in [4.78, 5) is 20.5. The van der Waals surface area contributed by atoms with Gasteiger partial charge in [0, 0.05) is 17.3 Å². The molecule has 7 heteroatoms. The fourth-order valence-electron chi connectivity index (χ4n) is 1.91. The smallest absolute Gasteiger partial charge is 0.231 e. The van der Waals surface area contributed by atoms with E-state index in [2.05, 4.69) is 9.97 Å². The molecular weight excluding hydrogens is 290 g/mol. The third-order valence-corrected chi connectivity index (χ3v) is 3.73. The maximum Gasteiger partial charge on any atom is 0.231 e. The van der Waals surface area contributed by atoms with Gasteiger partial charge >= 0.3 is 0 Å². The van der Waals surface area contributed by atoms with E-state index in [-0.39, 0.29) is 18.3 Å². The molecular formula is C14H13N3O3S. The van der Waals surface area contributed by atoms with Gasteiger partial charge in [-0.3, -0.25) is 4.79 Å². The molecule has 2 N–H and O–H groups in total. The summed E-state index contributed by atoms with van der Waals surface area (Å²) < 4.78 is 10.5. The van der Waals surface area contributed by atoms with Crippen molar-refractivity contribution in [3.05, 3.63) is 35.5 Å². The summed E-state index contributed by atoms with van der Waals surface area (Å²) in [6.45, 7) is 2.03. The Morgan fingerprint density at radius 3 is 2.90 bits per heavy atom. The van der Waals surface area contributed by atoms with Crippen molar-refractivity contribution in [1.82, 2.24) is 9.97 Å². The Kier molecular flexibility index (Phi) is 3.66. The van der Waals surface area contributed by atoms with E-state index in [4.69, 9.17) is 15.2 Å². The van der Waals surface area contributed by atoms with Crippen LogP contribution in [-0.2, 0) is 0 Å². The van der Waals surface area contributed by atoms with E-state index in [9.17, 15) is 4.79 Å². The number of nitrogen functional groups attached to an aromatic ring is 1. The molecule has 2 aromatic rings. The Bertz CT molecular complexity index is 686. The number of aryl methyl sites for hydroxylation is 1. The topological polar surface area (TPSA) is 87.3 Å². The molecule has 0 amide bonds. The second-order valence-electron chi connectivity index (χ2n) is 4.50. The summed E-state index contributed by atoms with van der Waals surface area (Å²) in [5, 5.41) is 0.501. The highest BCUT2D eigenvalue weighted by Gasteiger charge is 2.16. The number of thioether (sulfide) groups is 1. The van der Waals surface area contributed by atoms with Crippen molar-refractivity contribution >= 4 is 23.4 Å². The standard InChI is InChI=1S/C14H13N3O3S/c1-8-4-13(15)17-14(16-8)21-6-10(18)9-2-3-11-12(5-9)20-7-19-11/h2-5H,6-7H2,1H3,(H2,15,16,17). The summed E-state index contributed by atoms with van der Waals surface area (Å²) in [6.07, 6.45) is 0. The number of ketones is 1. The molecule has 1 aromatic heterocycles. The lowest BCUT2D eigenvalue weighted by molar-refractivity contribution is 0.102. The lowest BCUT2D eigenvalue weighted by Crippen LogP contribution is -2.04. The number of anilines is 1. The number of fused-ring (bicyclic) bond motifs is 1. The Hall–Kier alpha value is -2.28. The molecule has 1 aromatic carbocycles. The molecule has 3 rings (SSSR count). The van der Waals surface area contributed by atoms with E-state index in [1.807, 2.05) is 6.92 Å². The van der Waals surface area contributed by atoms with Crippen LogP contribution in [-0.4, -0.2) is 28.3 Å². The predicted octanol–water partition coefficient (Wildman–Crippen LogP) is 2.07. The van der Waals surface area contributed by atoms with Gasteiger partial charge in [0.2, 0.25) is 6.79 Å². The van der Waals surface area contributed by atoms with Crippen molar-refractivity contribution in [3.8, 4) is 11.5 Å². The second kappa shape index (κ2) is 5.61. The van der Waals surface area contributed by atoms with Gasteiger partial charge < -0.3 is 15.2 Å². The Morgan fingerprint density at radius 2 is 2.10 bits per heavy atom. The predicted molar refractivity (Wildman–Crippen MR) is 78.8 cm³/mol. The van der Waals surface area contributed by atoms with Gasteiger partial charge in [0.1, 0.15) is 5.82 Å². The van der Waals surface area contributed by atoms with Crippen LogP contribution in [0.5, 0.6) is 11.5 Å². The molecule has 6 nitrogen and oxygen atoms in total. The van der Waals surface area contributed by atoms with E-state index >= 15 is 0 Å². The summed E-state index contributed by atoms with van der Waals surface area (Å²) >= 11 is 1.26. The van der Waals surface area contributed by atoms with Crippen molar-refractivity contribution in [3.63, 3.8) is 0 Å². The van der Waals surface area contributed by atoms with Gasteiger partial charge in [-0.15, -0.1) is 0 Å². The number of rotatable bonds is 4. The Labute approximate surface area is 125 Å². The molecule has 21 heavy (non-hydrogen) atoms. The summed E-state index contributed by atoms with van der Waals surface area (Å²) in [5.41, 5.74) is 7.01. The maximum absolute atomic E-state index is 12.2. The van der Waals surface area contributed by atoms with Crippen LogP contribution < -0.4 is 15.2 Å². The number of hydrogen-bond acceptors (Lipinski definition) is 7. The minimum atomic E-state index is -0.0259. The van der Waals surface area contributed by atoms with E-state index in [0.717, 1.165) is 5.69 Å². The van der Waals surface area contributed by atoms with Crippen molar-refractivity contribution in [2.75, 3.05) is 18.3 Å². The van der Waals surface area contributed by atoms with Crippen LogP contribution in [0, 0.1) is 6.92 Å². The zero-order valence-corrected chi connectivity index (χ0v) is 12.1. The van der Waals surface area contributed by atoms with Gasteiger partial charge in [0.25, 0.3) is 0 Å². The highest BCUT2D eigenvalue weighted by molar-refractivity contribution is 7.99. The third kappa shape index (κ3) is 3.08. The number of nitrogens with zero attached hydrogens (tertiary/aromatic N) is 2. The van der Waals surface area contributed by atoms with Gasteiger partial charge in [-0.25, -0.2) is 9.97 Å². The van der Waals surface area contributed by atoms with Crippen LogP contribution >= 0.6 is 11.8 Å². The Morgan fingerprint density at radius 1 is 1.29 bits per heavy atom. The minimum Gasteiger partial charge on any atom is -0.454 e. The number of Topliss-reactive ketones (excluding diaryl/α,β-unsaturated/α-hetero) is 1. The number of aromatic nitrogens is 2. The first-order valence-corrected chi connectivity index (χ1v) is 7.27. The molecule has 0 saturated heterocycles. The summed E-state index contributed by atoms with van der Waals surface area (Å²) in [7, 11) is 0. The zero-order valence-electron chi connectivity index (χ0n) is 11.3. The molecule has 0 spiro atoms. The van der Waals surface area contributed by atoms with E-state index < -0.39 is 0 Å². The third-order valence-electron chi connectivity index (χ3n) is 2.88. The molecule has 0 bridgehead atoms. The van der Waals surface area contributed by atoms with Crippen LogP contribution in [0.1, 0.15) is 16.1 Å². The van der Waals surface area contributed by atoms with Crippen LogP contribution in [0.3, 0.4) is 0 Å². The second-order valence-corrected chi connectivity index (χ2v) is 5.44. The molecule has 1 aliphatic rings. The van der Waals surface area contributed by atoms with Gasteiger partial charge in [-0.2, -0.15) is 0 Å². The molecule has 2 heterocycles. The average Bonchev–Trinajstić information content (AvgIpc) is 2.91.